The maximum Gasteiger partial charge on any atom is 0.303 e. The number of carboxylic acids is 1. The molecule has 0 aliphatic carbocycles. The molecule has 5 nitrogen and oxygen atoms in total. The third-order valence-corrected chi connectivity index (χ3v) is 3.19. The van der Waals surface area contributed by atoms with Gasteiger partial charge in [-0.2, -0.15) is 5.10 Å². The summed E-state index contributed by atoms with van der Waals surface area (Å²) in [4.78, 5) is 14.9. The van der Waals surface area contributed by atoms with Gasteiger partial charge in [0.15, 0.2) is 5.82 Å². The standard InChI is InChI=1S/C14H17N3O2/c1-8-6-10(3)11(7-9(8)2)14-15-12(16-17-14)4-5-13(18)19/h6-7H,4-5H2,1-3H3,(H,18,19)(H,15,16,17). The van der Waals surface area contributed by atoms with E-state index in [-0.39, 0.29) is 6.42 Å². The summed E-state index contributed by atoms with van der Waals surface area (Å²) in [5.74, 6) is 0.399. The second-order valence-electron chi connectivity index (χ2n) is 4.75. The van der Waals surface area contributed by atoms with E-state index in [1.807, 2.05) is 6.92 Å². The van der Waals surface area contributed by atoms with Gasteiger partial charge in [-0.3, -0.25) is 9.89 Å². The zero-order valence-electron chi connectivity index (χ0n) is 11.3. The number of aromatic nitrogens is 3. The lowest BCUT2D eigenvalue weighted by Crippen LogP contribution is -1.98. The van der Waals surface area contributed by atoms with Crippen molar-refractivity contribution in [2.24, 2.45) is 0 Å². The topological polar surface area (TPSA) is 78.9 Å². The Labute approximate surface area is 111 Å². The molecule has 5 heteroatoms. The number of rotatable bonds is 4. The van der Waals surface area contributed by atoms with Crippen molar-refractivity contribution in [2.45, 2.75) is 33.6 Å². The van der Waals surface area contributed by atoms with Crippen LogP contribution in [0.2, 0.25) is 0 Å². The third kappa shape index (κ3) is 2.99. The van der Waals surface area contributed by atoms with E-state index in [4.69, 9.17) is 5.11 Å². The van der Waals surface area contributed by atoms with Crippen LogP contribution in [0.15, 0.2) is 12.1 Å². The average Bonchev–Trinajstić information content (AvgIpc) is 2.80. The van der Waals surface area contributed by atoms with Crippen molar-refractivity contribution in [3.05, 3.63) is 34.6 Å². The number of H-pyrrole nitrogens is 1. The van der Waals surface area contributed by atoms with Crippen molar-refractivity contribution in [3.8, 4) is 11.4 Å². The van der Waals surface area contributed by atoms with Crippen LogP contribution in [-0.2, 0) is 11.2 Å². The predicted molar refractivity (Wildman–Crippen MR) is 72.0 cm³/mol. The summed E-state index contributed by atoms with van der Waals surface area (Å²) in [6.45, 7) is 6.15. The Balaban J connectivity index is 2.27. The van der Waals surface area contributed by atoms with Gasteiger partial charge < -0.3 is 5.11 Å². The molecule has 0 amide bonds. The fourth-order valence-electron chi connectivity index (χ4n) is 1.95. The molecule has 0 saturated heterocycles. The molecule has 2 N–H and O–H groups in total. The van der Waals surface area contributed by atoms with Crippen LogP contribution >= 0.6 is 0 Å². The van der Waals surface area contributed by atoms with Gasteiger partial charge in [0.05, 0.1) is 6.42 Å². The first-order chi connectivity index (χ1) is 8.97. The van der Waals surface area contributed by atoms with Crippen molar-refractivity contribution < 1.29 is 9.90 Å². The number of aliphatic carboxylic acids is 1. The van der Waals surface area contributed by atoms with Gasteiger partial charge in [-0.05, 0) is 43.5 Å². The van der Waals surface area contributed by atoms with E-state index in [1.54, 1.807) is 0 Å². The highest BCUT2D eigenvalue weighted by Crippen LogP contribution is 2.23. The summed E-state index contributed by atoms with van der Waals surface area (Å²) in [5.41, 5.74) is 4.54. The van der Waals surface area contributed by atoms with E-state index in [9.17, 15) is 4.79 Å². The van der Waals surface area contributed by atoms with Crippen LogP contribution in [0.3, 0.4) is 0 Å². The van der Waals surface area contributed by atoms with Crippen LogP contribution < -0.4 is 0 Å². The van der Waals surface area contributed by atoms with Crippen molar-refractivity contribution in [2.75, 3.05) is 0 Å². The second-order valence-corrected chi connectivity index (χ2v) is 4.75. The molecule has 0 radical (unpaired) electrons. The monoisotopic (exact) mass is 259 g/mol. The average molecular weight is 259 g/mol. The zero-order valence-corrected chi connectivity index (χ0v) is 11.3. The molecule has 0 aliphatic rings. The fourth-order valence-corrected chi connectivity index (χ4v) is 1.95. The number of aryl methyl sites for hydroxylation is 4. The van der Waals surface area contributed by atoms with E-state index < -0.39 is 5.97 Å². The van der Waals surface area contributed by atoms with Crippen LogP contribution in [0.25, 0.3) is 11.4 Å². The fraction of sp³-hybridized carbons (Fsp3) is 0.357. The first-order valence-electron chi connectivity index (χ1n) is 6.18. The van der Waals surface area contributed by atoms with Gasteiger partial charge in [-0.1, -0.05) is 6.07 Å². The molecule has 0 fully saturated rings. The summed E-state index contributed by atoms with van der Waals surface area (Å²) in [6.07, 6.45) is 0.423. The summed E-state index contributed by atoms with van der Waals surface area (Å²) in [7, 11) is 0. The highest BCUT2D eigenvalue weighted by Gasteiger charge is 2.11. The molecule has 19 heavy (non-hydrogen) atoms. The minimum absolute atomic E-state index is 0.0561. The Bertz CT molecular complexity index is 617. The Morgan fingerprint density at radius 2 is 1.89 bits per heavy atom. The van der Waals surface area contributed by atoms with Crippen LogP contribution in [0, 0.1) is 20.8 Å². The minimum Gasteiger partial charge on any atom is -0.481 e. The Morgan fingerprint density at radius 3 is 2.58 bits per heavy atom. The molecule has 0 spiro atoms. The molecule has 0 atom stereocenters. The molecule has 2 rings (SSSR count). The van der Waals surface area contributed by atoms with E-state index >= 15 is 0 Å². The van der Waals surface area contributed by atoms with Crippen molar-refractivity contribution >= 4 is 5.97 Å². The van der Waals surface area contributed by atoms with Gasteiger partial charge in [0.2, 0.25) is 0 Å². The van der Waals surface area contributed by atoms with Crippen molar-refractivity contribution in [1.82, 2.24) is 15.2 Å². The number of nitrogens with one attached hydrogen (secondary N) is 1. The highest BCUT2D eigenvalue weighted by molar-refractivity contribution is 5.67. The largest absolute Gasteiger partial charge is 0.481 e. The maximum atomic E-state index is 10.5. The number of aromatic amines is 1. The Kier molecular flexibility index (Phi) is 3.64. The van der Waals surface area contributed by atoms with Crippen LogP contribution in [-0.4, -0.2) is 26.3 Å². The highest BCUT2D eigenvalue weighted by atomic mass is 16.4. The van der Waals surface area contributed by atoms with Gasteiger partial charge in [0, 0.05) is 12.0 Å². The van der Waals surface area contributed by atoms with Gasteiger partial charge in [-0.25, -0.2) is 4.98 Å². The lowest BCUT2D eigenvalue weighted by molar-refractivity contribution is -0.137. The lowest BCUT2D eigenvalue weighted by Gasteiger charge is -2.06. The Morgan fingerprint density at radius 1 is 1.21 bits per heavy atom. The van der Waals surface area contributed by atoms with Crippen molar-refractivity contribution in [1.29, 1.82) is 0 Å². The van der Waals surface area contributed by atoms with Crippen molar-refractivity contribution in [3.63, 3.8) is 0 Å². The first-order valence-corrected chi connectivity index (χ1v) is 6.18. The van der Waals surface area contributed by atoms with Gasteiger partial charge >= 0.3 is 5.97 Å². The zero-order chi connectivity index (χ0) is 14.0. The SMILES string of the molecule is Cc1cc(C)c(-c2n[nH]c(CCC(=O)O)n2)cc1C. The van der Waals surface area contributed by atoms with Crippen LogP contribution in [0.4, 0.5) is 0 Å². The molecule has 0 saturated carbocycles. The summed E-state index contributed by atoms with van der Waals surface area (Å²) >= 11 is 0. The quantitative estimate of drug-likeness (QED) is 0.883. The van der Waals surface area contributed by atoms with Crippen LogP contribution in [0.1, 0.15) is 28.9 Å². The predicted octanol–water partition coefficient (Wildman–Crippen LogP) is 2.41. The smallest absolute Gasteiger partial charge is 0.303 e. The second kappa shape index (κ2) is 5.22. The molecule has 0 aliphatic heterocycles. The number of carbonyl (C=O) groups is 1. The van der Waals surface area contributed by atoms with E-state index in [1.165, 1.54) is 11.1 Å². The summed E-state index contributed by atoms with van der Waals surface area (Å²) in [6, 6.07) is 4.17. The number of hydrogen-bond donors (Lipinski definition) is 2. The number of carboxylic acid groups (broad SMARTS) is 1. The summed E-state index contributed by atoms with van der Waals surface area (Å²) in [5, 5.41) is 15.6. The molecule has 100 valence electrons. The Hall–Kier alpha value is -2.17. The van der Waals surface area contributed by atoms with E-state index in [0.29, 0.717) is 18.1 Å². The molecule has 2 aromatic rings. The number of hydrogen-bond acceptors (Lipinski definition) is 3. The van der Waals surface area contributed by atoms with Gasteiger partial charge in [0.1, 0.15) is 5.82 Å². The number of benzene rings is 1. The molecular weight excluding hydrogens is 242 g/mol. The maximum absolute atomic E-state index is 10.5. The van der Waals surface area contributed by atoms with Gasteiger partial charge in [-0.15, -0.1) is 0 Å². The first kappa shape index (κ1) is 13.3. The van der Waals surface area contributed by atoms with Crippen LogP contribution in [0.5, 0.6) is 0 Å². The molecule has 0 bridgehead atoms. The van der Waals surface area contributed by atoms with Gasteiger partial charge in [0.25, 0.3) is 0 Å². The van der Waals surface area contributed by atoms with E-state index in [2.05, 4.69) is 41.2 Å². The molecule has 1 aromatic carbocycles. The summed E-state index contributed by atoms with van der Waals surface area (Å²) < 4.78 is 0. The third-order valence-electron chi connectivity index (χ3n) is 3.19. The molecule has 0 unspecified atom stereocenters. The molecule has 1 heterocycles. The normalized spacial score (nSPS) is 10.7. The van der Waals surface area contributed by atoms with E-state index in [0.717, 1.165) is 11.1 Å². The minimum atomic E-state index is -0.833. The number of nitrogens with zero attached hydrogens (tertiary/aromatic N) is 2. The molecular formula is C14H17N3O2. The molecule has 1 aromatic heterocycles. The lowest BCUT2D eigenvalue weighted by atomic mass is 10.0.